The normalized spacial score (nSPS) is 26.8. The van der Waals surface area contributed by atoms with E-state index < -0.39 is 0 Å². The van der Waals surface area contributed by atoms with Crippen LogP contribution in [0.3, 0.4) is 0 Å². The number of rotatable bonds is 3. The largest absolute Gasteiger partial charge is 0.379 e. The second-order valence-electron chi connectivity index (χ2n) is 5.62. The first-order valence-electron chi connectivity index (χ1n) is 7.01. The van der Waals surface area contributed by atoms with Crippen molar-refractivity contribution in [3.8, 4) is 0 Å². The Bertz CT molecular complexity index is 471. The van der Waals surface area contributed by atoms with Crippen LogP contribution in [0.5, 0.6) is 0 Å². The average molecular weight is 389 g/mol. The fraction of sp³-hybridized carbons (Fsp3) is 0.643. The van der Waals surface area contributed by atoms with Crippen molar-refractivity contribution in [2.75, 3.05) is 49.7 Å². The summed E-state index contributed by atoms with van der Waals surface area (Å²) in [5.74, 6) is 1.97. The molecule has 2 aliphatic rings. The van der Waals surface area contributed by atoms with Crippen molar-refractivity contribution in [3.05, 3.63) is 15.7 Å². The minimum Gasteiger partial charge on any atom is -0.379 e. The van der Waals surface area contributed by atoms with Crippen LogP contribution in [0.4, 0.5) is 11.6 Å². The maximum Gasteiger partial charge on any atom is 0.132 e. The maximum absolute atomic E-state index is 5.49. The lowest BCUT2D eigenvalue weighted by molar-refractivity contribution is 0.122. The van der Waals surface area contributed by atoms with Crippen LogP contribution in [0.25, 0.3) is 0 Å². The summed E-state index contributed by atoms with van der Waals surface area (Å²) in [4.78, 5) is 7.05. The molecule has 1 N–H and O–H groups in total. The number of hydrogen-bond donors (Lipinski definition) is 1. The lowest BCUT2D eigenvalue weighted by atomic mass is 10.0. The number of hydrogen-bond acceptors (Lipinski definition) is 5. The highest BCUT2D eigenvalue weighted by atomic mass is 127. The highest BCUT2D eigenvalue weighted by Crippen LogP contribution is 2.26. The number of nitrogens with zero attached hydrogens (tertiary/aromatic N) is 2. The van der Waals surface area contributed by atoms with Crippen LogP contribution in [-0.2, 0) is 9.47 Å². The van der Waals surface area contributed by atoms with Crippen molar-refractivity contribution < 1.29 is 9.47 Å². The maximum atomic E-state index is 5.49. The van der Waals surface area contributed by atoms with Crippen molar-refractivity contribution in [2.24, 2.45) is 0 Å². The van der Waals surface area contributed by atoms with Crippen molar-refractivity contribution in [3.63, 3.8) is 0 Å². The molecular weight excluding hydrogens is 369 g/mol. The highest BCUT2D eigenvalue weighted by molar-refractivity contribution is 14.1. The van der Waals surface area contributed by atoms with Gasteiger partial charge in [0.1, 0.15) is 11.6 Å². The van der Waals surface area contributed by atoms with Crippen LogP contribution in [-0.4, -0.2) is 50.0 Å². The number of pyridine rings is 1. The second-order valence-corrected chi connectivity index (χ2v) is 6.86. The zero-order valence-corrected chi connectivity index (χ0v) is 13.9. The summed E-state index contributed by atoms with van der Waals surface area (Å²) in [5, 5.41) is 3.54. The Labute approximate surface area is 133 Å². The molecule has 0 saturated carbocycles. The SMILES string of the molecule is CC1(Nc2cc(I)cc(N3CCOCC3)n2)CCOC1. The molecular formula is C14H20IN3O2. The molecule has 0 bridgehead atoms. The monoisotopic (exact) mass is 389 g/mol. The minimum absolute atomic E-state index is 0.000285. The summed E-state index contributed by atoms with van der Waals surface area (Å²) >= 11 is 2.35. The quantitative estimate of drug-likeness (QED) is 0.803. The van der Waals surface area contributed by atoms with Gasteiger partial charge in [0.2, 0.25) is 0 Å². The number of halogens is 1. The van der Waals surface area contributed by atoms with Crippen LogP contribution in [0.15, 0.2) is 12.1 Å². The van der Waals surface area contributed by atoms with Crippen molar-refractivity contribution in [1.82, 2.24) is 4.98 Å². The van der Waals surface area contributed by atoms with Crippen molar-refractivity contribution >= 4 is 34.2 Å². The molecule has 0 aromatic carbocycles. The van der Waals surface area contributed by atoms with Gasteiger partial charge in [0.15, 0.2) is 0 Å². The number of ether oxygens (including phenoxy) is 2. The summed E-state index contributed by atoms with van der Waals surface area (Å²) < 4.78 is 12.1. The first-order valence-corrected chi connectivity index (χ1v) is 8.09. The topological polar surface area (TPSA) is 46.6 Å². The van der Waals surface area contributed by atoms with E-state index in [9.17, 15) is 0 Å². The smallest absolute Gasteiger partial charge is 0.132 e. The van der Waals surface area contributed by atoms with Gasteiger partial charge < -0.3 is 19.7 Å². The van der Waals surface area contributed by atoms with E-state index in [-0.39, 0.29) is 5.54 Å². The number of morpholine rings is 1. The third-order valence-corrected chi connectivity index (χ3v) is 4.38. The Hall–Kier alpha value is -0.600. The number of anilines is 2. The molecule has 3 rings (SSSR count). The van der Waals surface area contributed by atoms with E-state index in [1.165, 1.54) is 3.57 Å². The van der Waals surface area contributed by atoms with E-state index in [1.54, 1.807) is 0 Å². The Balaban J connectivity index is 1.78. The van der Waals surface area contributed by atoms with Crippen LogP contribution >= 0.6 is 22.6 Å². The second kappa shape index (κ2) is 6.03. The molecule has 1 atom stereocenters. The Morgan fingerprint density at radius 3 is 2.75 bits per heavy atom. The Morgan fingerprint density at radius 2 is 2.05 bits per heavy atom. The molecule has 0 aliphatic carbocycles. The Morgan fingerprint density at radius 1 is 1.25 bits per heavy atom. The molecule has 1 aromatic rings. The molecule has 1 unspecified atom stereocenters. The van der Waals surface area contributed by atoms with E-state index in [4.69, 9.17) is 14.5 Å². The predicted octanol–water partition coefficient (Wildman–Crippen LogP) is 2.11. The first kappa shape index (κ1) is 14.3. The van der Waals surface area contributed by atoms with Crippen molar-refractivity contribution in [2.45, 2.75) is 18.9 Å². The minimum atomic E-state index is -0.000285. The van der Waals surface area contributed by atoms with Gasteiger partial charge >= 0.3 is 0 Å². The summed E-state index contributed by atoms with van der Waals surface area (Å²) in [6, 6.07) is 4.22. The van der Waals surface area contributed by atoms with E-state index in [0.29, 0.717) is 0 Å². The van der Waals surface area contributed by atoms with Crippen molar-refractivity contribution in [1.29, 1.82) is 0 Å². The van der Waals surface area contributed by atoms with Crippen LogP contribution in [0, 0.1) is 3.57 Å². The fourth-order valence-corrected chi connectivity index (χ4v) is 3.15. The standard InChI is InChI=1S/C14H20IN3O2/c1-14(2-5-20-10-14)17-12-8-11(15)9-13(16-12)18-3-6-19-7-4-18/h8-9H,2-7,10H2,1H3,(H,16,17). The predicted molar refractivity (Wildman–Crippen MR) is 87.4 cm³/mol. The van der Waals surface area contributed by atoms with Gasteiger partial charge in [-0.25, -0.2) is 4.98 Å². The lowest BCUT2D eigenvalue weighted by Gasteiger charge is -2.29. The summed E-state index contributed by atoms with van der Waals surface area (Å²) in [6.45, 7) is 7.13. The van der Waals surface area contributed by atoms with E-state index in [1.807, 2.05) is 0 Å². The lowest BCUT2D eigenvalue weighted by Crippen LogP contribution is -2.38. The molecule has 0 spiro atoms. The van der Waals surface area contributed by atoms with E-state index in [0.717, 1.165) is 57.6 Å². The van der Waals surface area contributed by atoms with Gasteiger partial charge in [-0.3, -0.25) is 0 Å². The Kier molecular flexibility index (Phi) is 4.32. The van der Waals surface area contributed by atoms with Gasteiger partial charge in [-0.1, -0.05) is 0 Å². The molecule has 110 valence electrons. The van der Waals surface area contributed by atoms with Crippen LogP contribution in [0.2, 0.25) is 0 Å². The summed E-state index contributed by atoms with van der Waals surface area (Å²) in [7, 11) is 0. The summed E-state index contributed by atoms with van der Waals surface area (Å²) in [6.07, 6.45) is 1.02. The first-order chi connectivity index (χ1) is 9.65. The average Bonchev–Trinajstić information content (AvgIpc) is 2.85. The molecule has 3 heterocycles. The molecule has 6 heteroatoms. The third kappa shape index (κ3) is 3.35. The van der Waals surface area contributed by atoms with Gasteiger partial charge in [0, 0.05) is 23.3 Å². The van der Waals surface area contributed by atoms with Crippen LogP contribution in [0.1, 0.15) is 13.3 Å². The third-order valence-electron chi connectivity index (χ3n) is 3.76. The van der Waals surface area contributed by atoms with Gasteiger partial charge in [-0.05, 0) is 48.1 Å². The van der Waals surface area contributed by atoms with Gasteiger partial charge in [-0.2, -0.15) is 0 Å². The summed E-state index contributed by atoms with van der Waals surface area (Å²) in [5.41, 5.74) is -0.000285. The molecule has 2 fully saturated rings. The molecule has 2 aliphatic heterocycles. The number of nitrogens with one attached hydrogen (secondary N) is 1. The molecule has 0 radical (unpaired) electrons. The molecule has 5 nitrogen and oxygen atoms in total. The molecule has 2 saturated heterocycles. The zero-order chi connectivity index (χ0) is 14.0. The zero-order valence-electron chi connectivity index (χ0n) is 11.7. The fourth-order valence-electron chi connectivity index (χ4n) is 2.58. The van der Waals surface area contributed by atoms with Gasteiger partial charge in [0.25, 0.3) is 0 Å². The van der Waals surface area contributed by atoms with E-state index >= 15 is 0 Å². The molecule has 1 aromatic heterocycles. The van der Waals surface area contributed by atoms with Crippen LogP contribution < -0.4 is 10.2 Å². The number of aromatic nitrogens is 1. The molecule has 20 heavy (non-hydrogen) atoms. The van der Waals surface area contributed by atoms with Gasteiger partial charge in [0.05, 0.1) is 25.4 Å². The van der Waals surface area contributed by atoms with E-state index in [2.05, 4.69) is 51.9 Å². The molecule has 0 amide bonds. The highest BCUT2D eigenvalue weighted by Gasteiger charge is 2.30. The van der Waals surface area contributed by atoms with Gasteiger partial charge in [-0.15, -0.1) is 0 Å².